The minimum atomic E-state index is -0.0130. The van der Waals surface area contributed by atoms with Gasteiger partial charge in [-0.2, -0.15) is 0 Å². The summed E-state index contributed by atoms with van der Waals surface area (Å²) in [6.45, 7) is 2.73. The van der Waals surface area contributed by atoms with Crippen molar-refractivity contribution in [3.05, 3.63) is 30.1 Å². The number of carbonyl (C=O) groups is 1. The van der Waals surface area contributed by atoms with Gasteiger partial charge in [0.1, 0.15) is 0 Å². The fourth-order valence-electron chi connectivity index (χ4n) is 1.68. The Labute approximate surface area is 103 Å². The molecule has 0 radical (unpaired) electrons. The average Bonchev–Trinajstić information content (AvgIpc) is 2.30. The molecule has 0 saturated carbocycles. The number of nitrogens with two attached hydrogens (primary N) is 1. The maximum atomic E-state index is 11.5. The third-order valence-electron chi connectivity index (χ3n) is 2.59. The summed E-state index contributed by atoms with van der Waals surface area (Å²) in [6, 6.07) is 3.89. The van der Waals surface area contributed by atoms with Gasteiger partial charge in [-0.05, 0) is 30.5 Å². The second kappa shape index (κ2) is 7.79. The second-order valence-corrected chi connectivity index (χ2v) is 4.21. The Hall–Kier alpha value is -1.42. The van der Waals surface area contributed by atoms with E-state index in [1.165, 1.54) is 5.56 Å². The van der Waals surface area contributed by atoms with Crippen LogP contribution < -0.4 is 11.1 Å². The molecule has 0 aliphatic heterocycles. The van der Waals surface area contributed by atoms with Crippen LogP contribution in [-0.4, -0.2) is 23.5 Å². The maximum absolute atomic E-state index is 11.5. The fourth-order valence-corrected chi connectivity index (χ4v) is 1.68. The van der Waals surface area contributed by atoms with E-state index >= 15 is 0 Å². The summed E-state index contributed by atoms with van der Waals surface area (Å²) in [5, 5.41) is 2.88. The zero-order chi connectivity index (χ0) is 12.5. The first-order chi connectivity index (χ1) is 8.22. The standard InChI is InChI=1S/C13H21N3O/c1-2-3-12(14)10-13(17)16-9-6-11-4-7-15-8-5-11/h4-5,7-8,12H,2-3,6,9-10,14H2,1H3,(H,16,17). The number of hydrogen-bond acceptors (Lipinski definition) is 3. The summed E-state index contributed by atoms with van der Waals surface area (Å²) in [4.78, 5) is 15.5. The fraction of sp³-hybridized carbons (Fsp3) is 0.538. The largest absolute Gasteiger partial charge is 0.356 e. The molecule has 1 amide bonds. The molecular weight excluding hydrogens is 214 g/mol. The van der Waals surface area contributed by atoms with E-state index in [1.807, 2.05) is 12.1 Å². The van der Waals surface area contributed by atoms with Gasteiger partial charge in [0.2, 0.25) is 5.91 Å². The number of nitrogens with one attached hydrogen (secondary N) is 1. The molecule has 0 spiro atoms. The van der Waals surface area contributed by atoms with Gasteiger partial charge >= 0.3 is 0 Å². The monoisotopic (exact) mass is 235 g/mol. The van der Waals surface area contributed by atoms with Gasteiger partial charge in [0.05, 0.1) is 0 Å². The second-order valence-electron chi connectivity index (χ2n) is 4.21. The Balaban J connectivity index is 2.16. The molecule has 0 aromatic carbocycles. The smallest absolute Gasteiger partial charge is 0.221 e. The molecule has 94 valence electrons. The molecule has 1 unspecified atom stereocenters. The zero-order valence-electron chi connectivity index (χ0n) is 10.4. The molecule has 3 N–H and O–H groups in total. The Morgan fingerprint density at radius 1 is 1.47 bits per heavy atom. The van der Waals surface area contributed by atoms with Crippen molar-refractivity contribution in [2.45, 2.75) is 38.6 Å². The molecule has 0 aliphatic carbocycles. The van der Waals surface area contributed by atoms with Gasteiger partial charge in [-0.25, -0.2) is 0 Å². The lowest BCUT2D eigenvalue weighted by molar-refractivity contribution is -0.121. The Bertz CT molecular complexity index is 327. The van der Waals surface area contributed by atoms with E-state index < -0.39 is 0 Å². The number of hydrogen-bond donors (Lipinski definition) is 2. The van der Waals surface area contributed by atoms with Crippen molar-refractivity contribution in [2.75, 3.05) is 6.54 Å². The number of aromatic nitrogens is 1. The van der Waals surface area contributed by atoms with Gasteiger partial charge in [-0.3, -0.25) is 9.78 Å². The van der Waals surface area contributed by atoms with E-state index in [2.05, 4.69) is 17.2 Å². The summed E-state index contributed by atoms with van der Waals surface area (Å²) < 4.78 is 0. The highest BCUT2D eigenvalue weighted by Crippen LogP contribution is 1.99. The van der Waals surface area contributed by atoms with Gasteiger partial charge in [-0.15, -0.1) is 0 Å². The van der Waals surface area contributed by atoms with Crippen LogP contribution in [0.1, 0.15) is 31.7 Å². The van der Waals surface area contributed by atoms with Crippen molar-refractivity contribution in [1.29, 1.82) is 0 Å². The number of amides is 1. The molecule has 1 rings (SSSR count). The third kappa shape index (κ3) is 6.02. The lowest BCUT2D eigenvalue weighted by atomic mass is 10.1. The molecule has 0 bridgehead atoms. The van der Waals surface area contributed by atoms with Crippen molar-refractivity contribution in [1.82, 2.24) is 10.3 Å². The molecule has 4 heteroatoms. The van der Waals surface area contributed by atoms with E-state index in [9.17, 15) is 4.79 Å². The molecule has 1 aromatic heterocycles. The zero-order valence-corrected chi connectivity index (χ0v) is 10.4. The van der Waals surface area contributed by atoms with Gasteiger partial charge in [0.15, 0.2) is 0 Å². The van der Waals surface area contributed by atoms with Crippen LogP contribution in [0.3, 0.4) is 0 Å². The van der Waals surface area contributed by atoms with E-state index in [0.717, 1.165) is 19.3 Å². The summed E-state index contributed by atoms with van der Waals surface area (Å²) in [5.41, 5.74) is 6.98. The van der Waals surface area contributed by atoms with Crippen molar-refractivity contribution in [3.8, 4) is 0 Å². The molecule has 4 nitrogen and oxygen atoms in total. The molecule has 1 aromatic rings. The number of pyridine rings is 1. The highest BCUT2D eigenvalue weighted by molar-refractivity contribution is 5.76. The van der Waals surface area contributed by atoms with Gasteiger partial charge in [0, 0.05) is 31.4 Å². The summed E-state index contributed by atoms with van der Waals surface area (Å²) in [6.07, 6.45) is 6.69. The number of rotatable bonds is 7. The average molecular weight is 235 g/mol. The predicted molar refractivity (Wildman–Crippen MR) is 68.5 cm³/mol. The molecule has 0 saturated heterocycles. The van der Waals surface area contributed by atoms with Crippen LogP contribution in [0.25, 0.3) is 0 Å². The first-order valence-corrected chi connectivity index (χ1v) is 6.13. The summed E-state index contributed by atoms with van der Waals surface area (Å²) >= 11 is 0. The van der Waals surface area contributed by atoms with E-state index in [-0.39, 0.29) is 11.9 Å². The van der Waals surface area contributed by atoms with Crippen LogP contribution in [0.15, 0.2) is 24.5 Å². The molecule has 17 heavy (non-hydrogen) atoms. The van der Waals surface area contributed by atoms with Gasteiger partial charge < -0.3 is 11.1 Å². The molecule has 0 fully saturated rings. The predicted octanol–water partition coefficient (Wildman–Crippen LogP) is 1.26. The first-order valence-electron chi connectivity index (χ1n) is 6.13. The van der Waals surface area contributed by atoms with Crippen LogP contribution in [0, 0.1) is 0 Å². The third-order valence-corrected chi connectivity index (χ3v) is 2.59. The topological polar surface area (TPSA) is 68.0 Å². The SMILES string of the molecule is CCCC(N)CC(=O)NCCc1ccncc1. The maximum Gasteiger partial charge on any atom is 0.221 e. The number of carbonyl (C=O) groups excluding carboxylic acids is 1. The van der Waals surface area contributed by atoms with Crippen molar-refractivity contribution >= 4 is 5.91 Å². The van der Waals surface area contributed by atoms with Crippen LogP contribution >= 0.6 is 0 Å². The number of nitrogens with zero attached hydrogens (tertiary/aromatic N) is 1. The Kier molecular flexibility index (Phi) is 6.25. The molecule has 1 atom stereocenters. The van der Waals surface area contributed by atoms with Crippen LogP contribution in [0.4, 0.5) is 0 Å². The minimum absolute atomic E-state index is 0.0130. The molecule has 1 heterocycles. The van der Waals surface area contributed by atoms with Crippen LogP contribution in [0.5, 0.6) is 0 Å². The normalized spacial score (nSPS) is 12.1. The molecule has 0 aliphatic rings. The lowest BCUT2D eigenvalue weighted by Gasteiger charge is -2.10. The Morgan fingerprint density at radius 2 is 2.18 bits per heavy atom. The Morgan fingerprint density at radius 3 is 2.82 bits per heavy atom. The van der Waals surface area contributed by atoms with Crippen molar-refractivity contribution in [2.24, 2.45) is 5.73 Å². The van der Waals surface area contributed by atoms with Crippen LogP contribution in [0.2, 0.25) is 0 Å². The minimum Gasteiger partial charge on any atom is -0.356 e. The van der Waals surface area contributed by atoms with Crippen molar-refractivity contribution in [3.63, 3.8) is 0 Å². The van der Waals surface area contributed by atoms with Gasteiger partial charge in [-0.1, -0.05) is 13.3 Å². The quantitative estimate of drug-likeness (QED) is 0.747. The summed E-state index contributed by atoms with van der Waals surface area (Å²) in [7, 11) is 0. The van der Waals surface area contributed by atoms with E-state index in [0.29, 0.717) is 13.0 Å². The lowest BCUT2D eigenvalue weighted by Crippen LogP contribution is -2.32. The van der Waals surface area contributed by atoms with E-state index in [1.54, 1.807) is 12.4 Å². The first kappa shape index (κ1) is 13.6. The van der Waals surface area contributed by atoms with Crippen molar-refractivity contribution < 1.29 is 4.79 Å². The van der Waals surface area contributed by atoms with Gasteiger partial charge in [0.25, 0.3) is 0 Å². The van der Waals surface area contributed by atoms with Crippen LogP contribution in [-0.2, 0) is 11.2 Å². The summed E-state index contributed by atoms with van der Waals surface area (Å²) in [5.74, 6) is 0.0417. The van der Waals surface area contributed by atoms with E-state index in [4.69, 9.17) is 5.73 Å². The highest BCUT2D eigenvalue weighted by atomic mass is 16.1. The highest BCUT2D eigenvalue weighted by Gasteiger charge is 2.07. The molecular formula is C13H21N3O.